The zero-order valence-electron chi connectivity index (χ0n) is 11.6. The van der Waals surface area contributed by atoms with E-state index in [1.165, 1.54) is 4.31 Å². The van der Waals surface area contributed by atoms with Crippen LogP contribution in [0.4, 0.5) is 0 Å². The second kappa shape index (κ2) is 7.21. The second-order valence-corrected chi connectivity index (χ2v) is 7.11. The highest BCUT2D eigenvalue weighted by atomic mass is 32.2. The highest BCUT2D eigenvalue weighted by Crippen LogP contribution is 2.14. The van der Waals surface area contributed by atoms with Crippen molar-refractivity contribution in [1.82, 2.24) is 9.03 Å². The third kappa shape index (κ3) is 5.08. The van der Waals surface area contributed by atoms with Crippen LogP contribution >= 0.6 is 0 Å². The average Bonchev–Trinajstić information content (AvgIpc) is 2.56. The summed E-state index contributed by atoms with van der Waals surface area (Å²) in [6.07, 6.45) is 3.84. The molecule has 0 aromatic carbocycles. The van der Waals surface area contributed by atoms with Crippen LogP contribution in [0.15, 0.2) is 0 Å². The van der Waals surface area contributed by atoms with Gasteiger partial charge in [-0.1, -0.05) is 26.7 Å². The lowest BCUT2D eigenvalue weighted by molar-refractivity contribution is -0.142. The van der Waals surface area contributed by atoms with Crippen LogP contribution in [0.25, 0.3) is 0 Å². The molecule has 1 fully saturated rings. The van der Waals surface area contributed by atoms with Crippen molar-refractivity contribution in [2.75, 3.05) is 19.6 Å². The summed E-state index contributed by atoms with van der Waals surface area (Å²) in [5.41, 5.74) is 0. The van der Waals surface area contributed by atoms with Gasteiger partial charge in [0.2, 0.25) is 0 Å². The van der Waals surface area contributed by atoms with E-state index in [0.29, 0.717) is 13.1 Å². The molecule has 0 saturated carbocycles. The molecule has 2 N–H and O–H groups in total. The Morgan fingerprint density at radius 2 is 1.74 bits per heavy atom. The number of hydrogen-bond acceptors (Lipinski definition) is 3. The first-order valence-electron chi connectivity index (χ1n) is 6.82. The van der Waals surface area contributed by atoms with Gasteiger partial charge in [0.05, 0.1) is 5.92 Å². The van der Waals surface area contributed by atoms with Crippen molar-refractivity contribution < 1.29 is 18.3 Å². The molecule has 0 bridgehead atoms. The third-order valence-corrected chi connectivity index (χ3v) is 5.09. The molecule has 1 atom stereocenters. The van der Waals surface area contributed by atoms with Crippen LogP contribution in [-0.4, -0.2) is 43.4 Å². The maximum Gasteiger partial charge on any atom is 0.308 e. The molecule has 1 aliphatic heterocycles. The first-order valence-corrected chi connectivity index (χ1v) is 8.26. The quantitative estimate of drug-likeness (QED) is 0.766. The van der Waals surface area contributed by atoms with Gasteiger partial charge in [-0.05, 0) is 18.8 Å². The molecule has 1 aliphatic rings. The van der Waals surface area contributed by atoms with Crippen LogP contribution < -0.4 is 4.72 Å². The standard InChI is InChI=1S/C12H24N2O4S/c1-10(2)11(12(15)16)9-13-19(17,18)14-7-5-3-4-6-8-14/h10-11,13H,3-9H2,1-2H3,(H,15,16). The maximum atomic E-state index is 12.1. The molecule has 1 unspecified atom stereocenters. The fourth-order valence-electron chi connectivity index (χ4n) is 2.18. The SMILES string of the molecule is CC(C)C(CNS(=O)(=O)N1CCCCCC1)C(=O)O. The molecule has 1 heterocycles. The molecule has 0 radical (unpaired) electrons. The van der Waals surface area contributed by atoms with E-state index in [1.54, 1.807) is 13.8 Å². The van der Waals surface area contributed by atoms with E-state index >= 15 is 0 Å². The van der Waals surface area contributed by atoms with Crippen molar-refractivity contribution in [3.05, 3.63) is 0 Å². The normalized spacial score (nSPS) is 20.2. The largest absolute Gasteiger partial charge is 0.481 e. The Morgan fingerprint density at radius 1 is 1.21 bits per heavy atom. The molecule has 0 aromatic rings. The fourth-order valence-corrected chi connectivity index (χ4v) is 3.49. The monoisotopic (exact) mass is 292 g/mol. The first kappa shape index (κ1) is 16.4. The first-order chi connectivity index (χ1) is 8.84. The van der Waals surface area contributed by atoms with Gasteiger partial charge >= 0.3 is 5.97 Å². The summed E-state index contributed by atoms with van der Waals surface area (Å²) in [7, 11) is -3.55. The van der Waals surface area contributed by atoms with Crippen LogP contribution in [0.3, 0.4) is 0 Å². The van der Waals surface area contributed by atoms with E-state index in [1.807, 2.05) is 0 Å². The van der Waals surface area contributed by atoms with Gasteiger partial charge < -0.3 is 5.11 Å². The number of hydrogen-bond donors (Lipinski definition) is 2. The Hall–Kier alpha value is -0.660. The Kier molecular flexibility index (Phi) is 6.22. The average molecular weight is 292 g/mol. The molecule has 1 rings (SSSR count). The lowest BCUT2D eigenvalue weighted by atomic mass is 9.97. The molecular weight excluding hydrogens is 268 g/mol. The summed E-state index contributed by atoms with van der Waals surface area (Å²) in [6, 6.07) is 0. The maximum absolute atomic E-state index is 12.1. The van der Waals surface area contributed by atoms with E-state index < -0.39 is 22.1 Å². The molecule has 0 aromatic heterocycles. The lowest BCUT2D eigenvalue weighted by Gasteiger charge is -2.22. The van der Waals surface area contributed by atoms with Gasteiger partial charge in [0.1, 0.15) is 0 Å². The van der Waals surface area contributed by atoms with Crippen molar-refractivity contribution in [2.24, 2.45) is 11.8 Å². The highest BCUT2D eigenvalue weighted by molar-refractivity contribution is 7.87. The molecule has 7 heteroatoms. The van der Waals surface area contributed by atoms with Crippen LogP contribution in [0.5, 0.6) is 0 Å². The molecule has 6 nitrogen and oxygen atoms in total. The second-order valence-electron chi connectivity index (χ2n) is 5.36. The van der Waals surface area contributed by atoms with E-state index in [4.69, 9.17) is 5.11 Å². The molecule has 1 saturated heterocycles. The number of carbonyl (C=O) groups is 1. The van der Waals surface area contributed by atoms with Gasteiger partial charge in [-0.2, -0.15) is 12.7 Å². The van der Waals surface area contributed by atoms with Gasteiger partial charge in [-0.3, -0.25) is 4.79 Å². The van der Waals surface area contributed by atoms with E-state index in [-0.39, 0.29) is 12.5 Å². The summed E-state index contributed by atoms with van der Waals surface area (Å²) >= 11 is 0. The van der Waals surface area contributed by atoms with Gasteiger partial charge in [0, 0.05) is 19.6 Å². The number of carboxylic acids is 1. The van der Waals surface area contributed by atoms with Crippen LogP contribution in [-0.2, 0) is 15.0 Å². The number of carboxylic acid groups (broad SMARTS) is 1. The minimum Gasteiger partial charge on any atom is -0.481 e. The minimum atomic E-state index is -3.55. The summed E-state index contributed by atoms with van der Waals surface area (Å²) in [5.74, 6) is -1.76. The molecule has 0 spiro atoms. The zero-order valence-corrected chi connectivity index (χ0v) is 12.4. The van der Waals surface area contributed by atoms with Gasteiger partial charge in [-0.25, -0.2) is 4.72 Å². The molecular formula is C12H24N2O4S. The number of nitrogens with zero attached hydrogens (tertiary/aromatic N) is 1. The number of nitrogens with one attached hydrogen (secondary N) is 1. The minimum absolute atomic E-state index is 0.0498. The summed E-state index contributed by atoms with van der Waals surface area (Å²) in [6.45, 7) is 4.55. The van der Waals surface area contributed by atoms with Crippen molar-refractivity contribution >= 4 is 16.2 Å². The van der Waals surface area contributed by atoms with Crippen molar-refractivity contribution in [3.63, 3.8) is 0 Å². The summed E-state index contributed by atoms with van der Waals surface area (Å²) in [4.78, 5) is 11.0. The molecule has 112 valence electrons. The van der Waals surface area contributed by atoms with Crippen molar-refractivity contribution in [3.8, 4) is 0 Å². The zero-order chi connectivity index (χ0) is 14.5. The molecule has 0 aliphatic carbocycles. The Labute approximate surface area is 115 Å². The van der Waals surface area contributed by atoms with E-state index in [2.05, 4.69) is 4.72 Å². The highest BCUT2D eigenvalue weighted by Gasteiger charge is 2.27. The van der Waals surface area contributed by atoms with Gasteiger partial charge in [0.25, 0.3) is 10.2 Å². The Bertz CT molecular complexity index is 387. The fraction of sp³-hybridized carbons (Fsp3) is 0.917. The van der Waals surface area contributed by atoms with Gasteiger partial charge in [0.15, 0.2) is 0 Å². The predicted molar refractivity (Wildman–Crippen MR) is 72.9 cm³/mol. The van der Waals surface area contributed by atoms with Gasteiger partial charge in [-0.15, -0.1) is 0 Å². The van der Waals surface area contributed by atoms with E-state index in [9.17, 15) is 13.2 Å². The van der Waals surface area contributed by atoms with Crippen molar-refractivity contribution in [1.29, 1.82) is 0 Å². The van der Waals surface area contributed by atoms with Crippen LogP contribution in [0.2, 0.25) is 0 Å². The number of aliphatic carboxylic acids is 1. The van der Waals surface area contributed by atoms with E-state index in [0.717, 1.165) is 25.7 Å². The lowest BCUT2D eigenvalue weighted by Crippen LogP contribution is -2.44. The summed E-state index contributed by atoms with van der Waals surface area (Å²) in [5, 5.41) is 9.05. The third-order valence-electron chi connectivity index (χ3n) is 3.51. The predicted octanol–water partition coefficient (Wildman–Crippen LogP) is 1.05. The number of rotatable bonds is 6. The topological polar surface area (TPSA) is 86.7 Å². The molecule has 19 heavy (non-hydrogen) atoms. The Balaban J connectivity index is 2.60. The smallest absolute Gasteiger partial charge is 0.308 e. The van der Waals surface area contributed by atoms with Crippen LogP contribution in [0, 0.1) is 11.8 Å². The van der Waals surface area contributed by atoms with Crippen LogP contribution in [0.1, 0.15) is 39.5 Å². The molecule has 0 amide bonds. The summed E-state index contributed by atoms with van der Waals surface area (Å²) < 4.78 is 28.1. The Morgan fingerprint density at radius 3 is 2.16 bits per heavy atom. The van der Waals surface area contributed by atoms with Crippen molar-refractivity contribution in [2.45, 2.75) is 39.5 Å².